The van der Waals surface area contributed by atoms with Gasteiger partial charge in [-0.25, -0.2) is 0 Å². The average molecular weight is 541 g/mol. The molecule has 0 N–H and O–H groups in total. The molecule has 0 fully saturated rings. The van der Waals surface area contributed by atoms with Crippen molar-refractivity contribution in [2.75, 3.05) is 0 Å². The van der Waals surface area contributed by atoms with Crippen LogP contribution in [0.15, 0.2) is 59.7 Å². The zero-order valence-corrected chi connectivity index (χ0v) is 24.9. The second kappa shape index (κ2) is 21.5. The Bertz CT molecular complexity index is 1100. The van der Waals surface area contributed by atoms with E-state index in [9.17, 15) is 5.53 Å². The van der Waals surface area contributed by atoms with Crippen molar-refractivity contribution in [1.29, 1.82) is 0 Å². The van der Waals surface area contributed by atoms with Crippen molar-refractivity contribution in [2.24, 2.45) is 0 Å². The van der Waals surface area contributed by atoms with Crippen molar-refractivity contribution >= 4 is 11.4 Å². The summed E-state index contributed by atoms with van der Waals surface area (Å²) < 4.78 is 0. The predicted octanol–water partition coefficient (Wildman–Crippen LogP) is 9.50. The largest absolute Gasteiger partial charge is 2.00 e. The summed E-state index contributed by atoms with van der Waals surface area (Å²) in [6.07, 6.45) is 11.2. The molecule has 2 aromatic carbocycles. The Kier molecular flexibility index (Phi) is 21.2. The number of unbranched alkanes of at least 4 members (excludes halogenated alkanes) is 5. The Hall–Kier alpha value is -2.61. The third-order valence-electron chi connectivity index (χ3n) is 6.10. The second-order valence-corrected chi connectivity index (χ2v) is 8.95. The van der Waals surface area contributed by atoms with Gasteiger partial charge in [0.1, 0.15) is 0 Å². The first-order valence-electron chi connectivity index (χ1n) is 13.0. The molecule has 0 bridgehead atoms. The Labute approximate surface area is 238 Å². The second-order valence-electron chi connectivity index (χ2n) is 8.95. The quantitative estimate of drug-likeness (QED) is 0.0375. The van der Waals surface area contributed by atoms with E-state index in [4.69, 9.17) is 0 Å². The molecule has 0 unspecified atom stereocenters. The molecule has 0 aliphatic heterocycles. The Morgan fingerprint density at radius 2 is 1.32 bits per heavy atom. The molecule has 0 aliphatic rings. The number of hydrogen-bond acceptors (Lipinski definition) is 0. The predicted molar refractivity (Wildman–Crippen MR) is 159 cm³/mol. The Morgan fingerprint density at radius 3 is 1.84 bits per heavy atom. The molecule has 0 aromatic heterocycles. The first kappa shape index (κ1) is 36.5. The fourth-order valence-corrected chi connectivity index (χ4v) is 4.12. The van der Waals surface area contributed by atoms with Gasteiger partial charge in [0.25, 0.3) is 0 Å². The van der Waals surface area contributed by atoms with Crippen LogP contribution in [0.3, 0.4) is 0 Å². The van der Waals surface area contributed by atoms with E-state index < -0.39 is 0 Å². The molecule has 2 aromatic rings. The van der Waals surface area contributed by atoms with Crippen LogP contribution in [0.2, 0.25) is 0 Å². The van der Waals surface area contributed by atoms with Gasteiger partial charge in [0.2, 0.25) is 0 Å². The van der Waals surface area contributed by atoms with Gasteiger partial charge in [-0.15, -0.1) is 4.79 Å². The van der Waals surface area contributed by atoms with E-state index in [1.807, 2.05) is 0 Å². The minimum Gasteiger partial charge on any atom is -0.358 e. The molecular weight excluding hydrogens is 495 g/mol. The molecule has 0 atom stereocenters. The van der Waals surface area contributed by atoms with E-state index in [1.54, 1.807) is 0 Å². The van der Waals surface area contributed by atoms with Crippen molar-refractivity contribution in [2.45, 2.75) is 91.9 Å². The van der Waals surface area contributed by atoms with E-state index >= 15 is 0 Å². The van der Waals surface area contributed by atoms with Crippen LogP contribution in [0.4, 0.5) is 0 Å². The first-order valence-corrected chi connectivity index (χ1v) is 13.0. The van der Waals surface area contributed by atoms with Crippen LogP contribution < -0.4 is 0 Å². The van der Waals surface area contributed by atoms with Crippen molar-refractivity contribution in [1.82, 2.24) is 0 Å². The normalized spacial score (nSPS) is 10.2. The van der Waals surface area contributed by atoms with Crippen LogP contribution in [-0.2, 0) is 29.3 Å². The summed E-state index contributed by atoms with van der Waals surface area (Å²) in [6, 6.07) is 17.7. The molecule has 0 saturated carbocycles. The molecule has 0 aliphatic carbocycles. The summed E-state index contributed by atoms with van der Waals surface area (Å²) in [4.78, 5) is 3.23. The molecule has 37 heavy (non-hydrogen) atoms. The Morgan fingerprint density at radius 1 is 0.784 bits per heavy atom. The van der Waals surface area contributed by atoms with E-state index in [0.717, 1.165) is 43.3 Å². The number of nitrogens with zero attached hydrogens (tertiary/aromatic N) is 2. The van der Waals surface area contributed by atoms with Gasteiger partial charge < -0.3 is 20.4 Å². The fourth-order valence-electron chi connectivity index (χ4n) is 4.12. The summed E-state index contributed by atoms with van der Waals surface area (Å²) in [6.45, 7) is 8.70. The molecule has 0 amide bonds. The zero-order valence-electron chi connectivity index (χ0n) is 23.9. The van der Waals surface area contributed by atoms with E-state index in [-0.39, 0.29) is 31.3 Å². The number of rotatable bonds is 12. The third-order valence-corrected chi connectivity index (χ3v) is 6.10. The monoisotopic (exact) mass is 540 g/mol. The van der Waals surface area contributed by atoms with Crippen molar-refractivity contribution in [3.63, 3.8) is 0 Å². The molecule has 2 nitrogen and oxygen atoms in total. The maximum Gasteiger partial charge on any atom is 2.00 e. The molecule has 0 spiro atoms. The van der Waals surface area contributed by atoms with Crippen molar-refractivity contribution in [3.05, 3.63) is 102 Å². The SMILES string of the molecule is CCCCC#CC(=C=[N+]=[N-])C(C)=C(c1cccc(CCCC)c1)c1cccc(CCCCC)c1.[CH3-].[CH3-].[Ni+2]. The fraction of sp³-hybridized carbons (Fsp3) is 0.412. The van der Waals surface area contributed by atoms with Crippen LogP contribution >= 0.6 is 0 Å². The zero-order chi connectivity index (χ0) is 24.6. The van der Waals surface area contributed by atoms with Gasteiger partial charge in [-0.3, -0.25) is 0 Å². The van der Waals surface area contributed by atoms with Gasteiger partial charge >= 0.3 is 22.4 Å². The van der Waals surface area contributed by atoms with Gasteiger partial charge in [-0.2, -0.15) is 0 Å². The molecule has 2 rings (SSSR count). The van der Waals surface area contributed by atoms with Crippen molar-refractivity contribution < 1.29 is 21.3 Å². The van der Waals surface area contributed by atoms with Gasteiger partial charge in [0.05, 0.1) is 0 Å². The van der Waals surface area contributed by atoms with Crippen molar-refractivity contribution in [3.8, 4) is 11.8 Å². The molecular formula is C34H46N2Ni. The smallest absolute Gasteiger partial charge is 0.358 e. The van der Waals surface area contributed by atoms with Crippen LogP contribution in [0.1, 0.15) is 101 Å². The summed E-state index contributed by atoms with van der Waals surface area (Å²) in [7, 11) is 0. The molecule has 0 heterocycles. The number of benzene rings is 2. The summed E-state index contributed by atoms with van der Waals surface area (Å²) >= 11 is 0. The molecule has 0 saturated heterocycles. The first-order chi connectivity index (χ1) is 16.6. The van der Waals surface area contributed by atoms with Gasteiger partial charge in [0, 0.05) is 6.42 Å². The Balaban J connectivity index is 0. The van der Waals surface area contributed by atoms with E-state index in [0.29, 0.717) is 5.57 Å². The van der Waals surface area contributed by atoms with Crippen LogP contribution in [-0.4, -0.2) is 10.7 Å². The molecule has 0 radical (unpaired) electrons. The molecule has 3 heteroatoms. The van der Waals surface area contributed by atoms with E-state index in [2.05, 4.69) is 98.7 Å². The number of allylic oxidation sites excluding steroid dienone is 2. The minimum absolute atomic E-state index is 0. The summed E-state index contributed by atoms with van der Waals surface area (Å²) in [5.74, 6) is 9.22. The van der Waals surface area contributed by atoms with Crippen LogP contribution in [0.25, 0.3) is 11.1 Å². The van der Waals surface area contributed by atoms with E-state index in [1.165, 1.54) is 54.4 Å². The van der Waals surface area contributed by atoms with Gasteiger partial charge in [-0.05, 0) is 72.4 Å². The average Bonchev–Trinajstić information content (AvgIpc) is 2.85. The topological polar surface area (TPSA) is 36.4 Å². The maximum atomic E-state index is 9.32. The van der Waals surface area contributed by atoms with Gasteiger partial charge in [0.15, 0.2) is 5.57 Å². The van der Waals surface area contributed by atoms with Crippen LogP contribution in [0, 0.1) is 26.7 Å². The third kappa shape index (κ3) is 12.5. The van der Waals surface area contributed by atoms with Crippen LogP contribution in [0.5, 0.6) is 0 Å². The summed E-state index contributed by atoms with van der Waals surface area (Å²) in [5.41, 5.74) is 17.1. The summed E-state index contributed by atoms with van der Waals surface area (Å²) in [5, 5.41) is 0. The van der Waals surface area contributed by atoms with Gasteiger partial charge in [-0.1, -0.05) is 107 Å². The maximum absolute atomic E-state index is 9.32. The number of hydrogen-bond donors (Lipinski definition) is 0. The molecule has 202 valence electrons. The number of aryl methyl sites for hydroxylation is 2. The minimum atomic E-state index is 0. The standard InChI is InChI=1S/C32H40N2.2CH3.Ni/c1-5-8-11-13-20-31(25-34-33)26(4)32(29-21-14-18-27(23-29)16-10-7-3)30-22-15-19-28(24-30)17-12-9-6-2;;;/h14-15,18-19,21-24H,5-12,16-17H2,1-4H3;2*1H3;/q;2*-1;+2.